The van der Waals surface area contributed by atoms with Crippen LogP contribution in [-0.4, -0.2) is 16.2 Å². The Balaban J connectivity index is 1.95. The Bertz CT molecular complexity index is 841. The number of aromatic nitrogens is 1. The standard InChI is InChI=1S/C16H9F2NO3/c17-11-5-6-12(13(18)7-11)15-8-14(19-22-15)9-1-3-10(4-2-9)16(20)21/h1-8H,(H,20,21). The van der Waals surface area contributed by atoms with Gasteiger partial charge < -0.3 is 9.63 Å². The Morgan fingerprint density at radius 1 is 1.05 bits per heavy atom. The number of carbonyl (C=O) groups is 1. The van der Waals surface area contributed by atoms with Crippen LogP contribution in [0, 0.1) is 11.6 Å². The van der Waals surface area contributed by atoms with E-state index >= 15 is 0 Å². The number of halogens is 2. The fourth-order valence-corrected chi connectivity index (χ4v) is 2.01. The summed E-state index contributed by atoms with van der Waals surface area (Å²) in [5.74, 6) is -2.29. The highest BCUT2D eigenvalue weighted by molar-refractivity contribution is 5.88. The van der Waals surface area contributed by atoms with E-state index in [4.69, 9.17) is 9.63 Å². The zero-order valence-corrected chi connectivity index (χ0v) is 11.1. The molecule has 0 aliphatic heterocycles. The van der Waals surface area contributed by atoms with Crippen molar-refractivity contribution >= 4 is 5.97 Å². The second kappa shape index (κ2) is 5.40. The van der Waals surface area contributed by atoms with Gasteiger partial charge in [-0.1, -0.05) is 17.3 Å². The number of hydrogen-bond donors (Lipinski definition) is 1. The van der Waals surface area contributed by atoms with E-state index in [0.717, 1.165) is 12.1 Å². The van der Waals surface area contributed by atoms with Crippen LogP contribution in [-0.2, 0) is 0 Å². The van der Waals surface area contributed by atoms with Crippen LogP contribution in [0.3, 0.4) is 0 Å². The normalized spacial score (nSPS) is 10.6. The lowest BCUT2D eigenvalue weighted by Crippen LogP contribution is -1.94. The second-order valence-corrected chi connectivity index (χ2v) is 4.58. The van der Waals surface area contributed by atoms with Gasteiger partial charge in [0.05, 0.1) is 11.1 Å². The van der Waals surface area contributed by atoms with E-state index in [2.05, 4.69) is 5.16 Å². The van der Waals surface area contributed by atoms with Crippen LogP contribution in [0.4, 0.5) is 8.78 Å². The summed E-state index contributed by atoms with van der Waals surface area (Å²) in [5, 5.41) is 12.7. The van der Waals surface area contributed by atoms with Crippen molar-refractivity contribution in [3.63, 3.8) is 0 Å². The molecule has 0 atom stereocenters. The molecule has 110 valence electrons. The van der Waals surface area contributed by atoms with Crippen LogP contribution < -0.4 is 0 Å². The predicted molar refractivity (Wildman–Crippen MR) is 74.3 cm³/mol. The first-order chi connectivity index (χ1) is 10.5. The van der Waals surface area contributed by atoms with Crippen LogP contribution in [0.2, 0.25) is 0 Å². The quantitative estimate of drug-likeness (QED) is 0.794. The lowest BCUT2D eigenvalue weighted by atomic mass is 10.1. The highest BCUT2D eigenvalue weighted by atomic mass is 19.1. The number of carboxylic acids is 1. The predicted octanol–water partition coefficient (Wildman–Crippen LogP) is 3.99. The zero-order chi connectivity index (χ0) is 15.7. The van der Waals surface area contributed by atoms with Gasteiger partial charge in [0.2, 0.25) is 0 Å². The molecule has 6 heteroatoms. The summed E-state index contributed by atoms with van der Waals surface area (Å²) < 4.78 is 31.7. The number of benzene rings is 2. The minimum atomic E-state index is -1.03. The van der Waals surface area contributed by atoms with Gasteiger partial charge in [-0.25, -0.2) is 13.6 Å². The van der Waals surface area contributed by atoms with Crippen molar-refractivity contribution in [1.82, 2.24) is 5.16 Å². The molecule has 0 saturated heterocycles. The third-order valence-electron chi connectivity index (χ3n) is 3.13. The maximum atomic E-state index is 13.7. The van der Waals surface area contributed by atoms with Crippen LogP contribution in [0.1, 0.15) is 10.4 Å². The minimum Gasteiger partial charge on any atom is -0.478 e. The summed E-state index contributed by atoms with van der Waals surface area (Å²) in [7, 11) is 0. The maximum absolute atomic E-state index is 13.7. The Morgan fingerprint density at radius 3 is 2.41 bits per heavy atom. The molecule has 1 heterocycles. The Hall–Kier alpha value is -3.02. The molecule has 0 saturated carbocycles. The molecule has 0 amide bonds. The molecule has 0 unspecified atom stereocenters. The van der Waals surface area contributed by atoms with Gasteiger partial charge in [-0.2, -0.15) is 0 Å². The maximum Gasteiger partial charge on any atom is 0.335 e. The number of carboxylic acid groups (broad SMARTS) is 1. The minimum absolute atomic E-state index is 0.0994. The van der Waals surface area contributed by atoms with Crippen molar-refractivity contribution in [2.24, 2.45) is 0 Å². The Kier molecular flexibility index (Phi) is 3.42. The summed E-state index contributed by atoms with van der Waals surface area (Å²) in [6.45, 7) is 0. The van der Waals surface area contributed by atoms with Crippen LogP contribution in [0.5, 0.6) is 0 Å². The molecule has 2 aromatic carbocycles. The summed E-state index contributed by atoms with van der Waals surface area (Å²) >= 11 is 0. The molecule has 22 heavy (non-hydrogen) atoms. The monoisotopic (exact) mass is 301 g/mol. The highest BCUT2D eigenvalue weighted by Gasteiger charge is 2.13. The van der Waals surface area contributed by atoms with E-state index in [1.165, 1.54) is 24.3 Å². The molecular formula is C16H9F2NO3. The van der Waals surface area contributed by atoms with Crippen LogP contribution in [0.15, 0.2) is 53.1 Å². The molecule has 3 aromatic rings. The molecule has 3 rings (SSSR count). The highest BCUT2D eigenvalue weighted by Crippen LogP contribution is 2.28. The average molecular weight is 301 g/mol. The molecule has 0 fully saturated rings. The van der Waals surface area contributed by atoms with E-state index in [1.807, 2.05) is 0 Å². The van der Waals surface area contributed by atoms with E-state index < -0.39 is 17.6 Å². The SMILES string of the molecule is O=C(O)c1ccc(-c2cc(-c3ccc(F)cc3F)on2)cc1. The summed E-state index contributed by atoms with van der Waals surface area (Å²) in [5.41, 5.74) is 1.30. The molecule has 1 aromatic heterocycles. The number of aromatic carboxylic acids is 1. The molecule has 1 N–H and O–H groups in total. The van der Waals surface area contributed by atoms with Gasteiger partial charge in [0, 0.05) is 17.7 Å². The van der Waals surface area contributed by atoms with E-state index in [0.29, 0.717) is 11.3 Å². The lowest BCUT2D eigenvalue weighted by molar-refractivity contribution is 0.0697. The smallest absolute Gasteiger partial charge is 0.335 e. The summed E-state index contributed by atoms with van der Waals surface area (Å²) in [6.07, 6.45) is 0. The second-order valence-electron chi connectivity index (χ2n) is 4.58. The van der Waals surface area contributed by atoms with Crippen molar-refractivity contribution in [3.05, 3.63) is 65.7 Å². The molecule has 0 aliphatic rings. The first kappa shape index (κ1) is 13.9. The first-order valence-corrected chi connectivity index (χ1v) is 6.30. The van der Waals surface area contributed by atoms with Gasteiger partial charge in [-0.3, -0.25) is 0 Å². The van der Waals surface area contributed by atoms with Crippen molar-refractivity contribution in [2.45, 2.75) is 0 Å². The van der Waals surface area contributed by atoms with Crippen molar-refractivity contribution in [3.8, 4) is 22.6 Å². The van der Waals surface area contributed by atoms with E-state index in [9.17, 15) is 13.6 Å². The van der Waals surface area contributed by atoms with Crippen LogP contribution in [0.25, 0.3) is 22.6 Å². The molecule has 0 spiro atoms. The third kappa shape index (κ3) is 2.58. The average Bonchev–Trinajstić information content (AvgIpc) is 2.97. The molecule has 0 bridgehead atoms. The summed E-state index contributed by atoms with van der Waals surface area (Å²) in [6, 6.07) is 10.7. The fraction of sp³-hybridized carbons (Fsp3) is 0. The van der Waals surface area contributed by atoms with Crippen molar-refractivity contribution < 1.29 is 23.2 Å². The van der Waals surface area contributed by atoms with Crippen LogP contribution >= 0.6 is 0 Å². The topological polar surface area (TPSA) is 63.3 Å². The Morgan fingerprint density at radius 2 is 1.77 bits per heavy atom. The first-order valence-electron chi connectivity index (χ1n) is 6.30. The molecule has 0 radical (unpaired) electrons. The fourth-order valence-electron chi connectivity index (χ4n) is 2.01. The number of nitrogens with zero attached hydrogens (tertiary/aromatic N) is 1. The van der Waals surface area contributed by atoms with E-state index in [1.54, 1.807) is 12.1 Å². The lowest BCUT2D eigenvalue weighted by Gasteiger charge is -1.98. The largest absolute Gasteiger partial charge is 0.478 e. The van der Waals surface area contributed by atoms with Gasteiger partial charge in [0.25, 0.3) is 0 Å². The molecular weight excluding hydrogens is 292 g/mol. The van der Waals surface area contributed by atoms with Gasteiger partial charge in [0.15, 0.2) is 5.76 Å². The van der Waals surface area contributed by atoms with Gasteiger partial charge >= 0.3 is 5.97 Å². The van der Waals surface area contributed by atoms with Crippen molar-refractivity contribution in [1.29, 1.82) is 0 Å². The molecule has 4 nitrogen and oxygen atoms in total. The van der Waals surface area contributed by atoms with E-state index in [-0.39, 0.29) is 16.9 Å². The summed E-state index contributed by atoms with van der Waals surface area (Å²) in [4.78, 5) is 10.8. The molecule has 0 aliphatic carbocycles. The zero-order valence-electron chi connectivity index (χ0n) is 11.1. The Labute approximate surface area is 123 Å². The third-order valence-corrected chi connectivity index (χ3v) is 3.13. The number of hydrogen-bond acceptors (Lipinski definition) is 3. The van der Waals surface area contributed by atoms with Gasteiger partial charge in [-0.15, -0.1) is 0 Å². The van der Waals surface area contributed by atoms with Crippen molar-refractivity contribution in [2.75, 3.05) is 0 Å². The number of rotatable bonds is 3. The van der Waals surface area contributed by atoms with Gasteiger partial charge in [0.1, 0.15) is 17.3 Å². The van der Waals surface area contributed by atoms with Gasteiger partial charge in [-0.05, 0) is 24.3 Å².